The van der Waals surface area contributed by atoms with E-state index in [0.717, 1.165) is 10.5 Å². The second kappa shape index (κ2) is 6.91. The molecule has 110 valence electrons. The quantitative estimate of drug-likeness (QED) is 0.740. The first-order chi connectivity index (χ1) is 9.97. The van der Waals surface area contributed by atoms with Crippen LogP contribution in [0.15, 0.2) is 45.3 Å². The topological polar surface area (TPSA) is 64.3 Å². The summed E-state index contributed by atoms with van der Waals surface area (Å²) in [6, 6.07) is 9.69. The lowest BCUT2D eigenvalue weighted by Gasteiger charge is -2.11. The molecule has 2 aromatic carbocycles. The highest BCUT2D eigenvalue weighted by Crippen LogP contribution is 2.28. The molecule has 0 saturated heterocycles. The standard InChI is InChI=1S/C14H11Br2FN2O2/c15-8-3-1-2-4-12(8)19-14(20)7-21-13-6-10(17)9(16)5-11(13)18/h1-6H,7,18H2,(H,19,20). The highest BCUT2D eigenvalue weighted by Gasteiger charge is 2.10. The maximum atomic E-state index is 13.4. The van der Waals surface area contributed by atoms with Gasteiger partial charge in [-0.2, -0.15) is 0 Å². The predicted molar refractivity (Wildman–Crippen MR) is 86.8 cm³/mol. The summed E-state index contributed by atoms with van der Waals surface area (Å²) in [5.41, 5.74) is 6.57. The van der Waals surface area contributed by atoms with Crippen LogP contribution in [0.4, 0.5) is 15.8 Å². The molecule has 1 amide bonds. The van der Waals surface area contributed by atoms with Gasteiger partial charge in [0.15, 0.2) is 6.61 Å². The second-order valence-electron chi connectivity index (χ2n) is 4.12. The lowest BCUT2D eigenvalue weighted by molar-refractivity contribution is -0.118. The number of amides is 1. The van der Waals surface area contributed by atoms with Crippen molar-refractivity contribution in [1.82, 2.24) is 0 Å². The highest BCUT2D eigenvalue weighted by molar-refractivity contribution is 9.10. The molecular weight excluding hydrogens is 407 g/mol. The molecule has 0 radical (unpaired) electrons. The summed E-state index contributed by atoms with van der Waals surface area (Å²) in [5, 5.41) is 2.67. The molecule has 21 heavy (non-hydrogen) atoms. The molecule has 2 aromatic rings. The van der Waals surface area contributed by atoms with E-state index >= 15 is 0 Å². The maximum absolute atomic E-state index is 13.4. The van der Waals surface area contributed by atoms with Crippen LogP contribution in [0.1, 0.15) is 0 Å². The summed E-state index contributed by atoms with van der Waals surface area (Å²) in [5.74, 6) is -0.756. The van der Waals surface area contributed by atoms with Gasteiger partial charge in [-0.25, -0.2) is 4.39 Å². The Bertz CT molecular complexity index is 680. The zero-order chi connectivity index (χ0) is 15.4. The van der Waals surface area contributed by atoms with E-state index in [-0.39, 0.29) is 28.4 Å². The van der Waals surface area contributed by atoms with E-state index in [4.69, 9.17) is 10.5 Å². The fourth-order valence-electron chi connectivity index (χ4n) is 1.56. The molecule has 0 aliphatic rings. The van der Waals surface area contributed by atoms with E-state index in [2.05, 4.69) is 37.2 Å². The molecule has 0 fully saturated rings. The van der Waals surface area contributed by atoms with Gasteiger partial charge in [0.2, 0.25) is 0 Å². The third-order valence-corrected chi connectivity index (χ3v) is 3.86. The first-order valence-corrected chi connectivity index (χ1v) is 7.47. The van der Waals surface area contributed by atoms with Crippen LogP contribution in [0.25, 0.3) is 0 Å². The summed E-state index contributed by atoms with van der Waals surface area (Å²) in [7, 11) is 0. The third kappa shape index (κ3) is 4.18. The molecule has 0 bridgehead atoms. The first-order valence-electron chi connectivity index (χ1n) is 5.89. The van der Waals surface area contributed by atoms with Crippen molar-refractivity contribution < 1.29 is 13.9 Å². The summed E-state index contributed by atoms with van der Waals surface area (Å²) in [4.78, 5) is 11.8. The number of hydrogen-bond donors (Lipinski definition) is 2. The average molecular weight is 418 g/mol. The van der Waals surface area contributed by atoms with Gasteiger partial charge in [0, 0.05) is 10.5 Å². The Hall–Kier alpha value is -1.60. The molecule has 4 nitrogen and oxygen atoms in total. The monoisotopic (exact) mass is 416 g/mol. The van der Waals surface area contributed by atoms with E-state index in [1.807, 2.05) is 6.07 Å². The van der Waals surface area contributed by atoms with Gasteiger partial charge in [-0.15, -0.1) is 0 Å². The van der Waals surface area contributed by atoms with Gasteiger partial charge in [0.25, 0.3) is 5.91 Å². The van der Waals surface area contributed by atoms with Crippen molar-refractivity contribution in [2.75, 3.05) is 17.7 Å². The van der Waals surface area contributed by atoms with Gasteiger partial charge in [-0.05, 0) is 50.1 Å². The first kappa shape index (κ1) is 15.8. The molecule has 0 unspecified atom stereocenters. The Kier molecular flexibility index (Phi) is 5.19. The van der Waals surface area contributed by atoms with Gasteiger partial charge in [-0.3, -0.25) is 4.79 Å². The number of benzene rings is 2. The van der Waals surface area contributed by atoms with Crippen LogP contribution in [-0.2, 0) is 4.79 Å². The van der Waals surface area contributed by atoms with Crippen molar-refractivity contribution in [1.29, 1.82) is 0 Å². The van der Waals surface area contributed by atoms with Crippen molar-refractivity contribution in [3.05, 3.63) is 51.2 Å². The minimum atomic E-state index is -0.509. The van der Waals surface area contributed by atoms with Crippen LogP contribution >= 0.6 is 31.9 Å². The highest BCUT2D eigenvalue weighted by atomic mass is 79.9. The van der Waals surface area contributed by atoms with Crippen LogP contribution < -0.4 is 15.8 Å². The number of carbonyl (C=O) groups is 1. The van der Waals surface area contributed by atoms with E-state index in [9.17, 15) is 9.18 Å². The van der Waals surface area contributed by atoms with Crippen molar-refractivity contribution in [2.24, 2.45) is 0 Å². The average Bonchev–Trinajstić information content (AvgIpc) is 2.44. The van der Waals surface area contributed by atoms with E-state index in [1.54, 1.807) is 18.2 Å². The number of rotatable bonds is 4. The number of hydrogen-bond acceptors (Lipinski definition) is 3. The molecule has 0 spiro atoms. The minimum absolute atomic E-state index is 0.123. The van der Waals surface area contributed by atoms with Gasteiger partial charge in [0.05, 0.1) is 15.8 Å². The smallest absolute Gasteiger partial charge is 0.262 e. The zero-order valence-electron chi connectivity index (χ0n) is 10.7. The van der Waals surface area contributed by atoms with Crippen LogP contribution in [0.2, 0.25) is 0 Å². The van der Waals surface area contributed by atoms with Crippen LogP contribution in [0.3, 0.4) is 0 Å². The zero-order valence-corrected chi connectivity index (χ0v) is 13.9. The molecule has 0 aromatic heterocycles. The van der Waals surface area contributed by atoms with Gasteiger partial charge >= 0.3 is 0 Å². The van der Waals surface area contributed by atoms with Crippen molar-refractivity contribution >= 4 is 49.1 Å². The Morgan fingerprint density at radius 3 is 2.67 bits per heavy atom. The largest absolute Gasteiger partial charge is 0.481 e. The third-order valence-electron chi connectivity index (χ3n) is 2.56. The molecule has 0 aliphatic carbocycles. The number of nitrogens with two attached hydrogens (primary N) is 1. The molecule has 7 heteroatoms. The number of nitrogen functional groups attached to an aromatic ring is 1. The Labute approximate surface area is 137 Å². The fourth-order valence-corrected chi connectivity index (χ4v) is 2.31. The second-order valence-corrected chi connectivity index (χ2v) is 5.83. The fraction of sp³-hybridized carbons (Fsp3) is 0.0714. The van der Waals surface area contributed by atoms with Gasteiger partial charge in [0.1, 0.15) is 11.6 Å². The molecule has 0 heterocycles. The van der Waals surface area contributed by atoms with Crippen molar-refractivity contribution in [2.45, 2.75) is 0 Å². The molecule has 0 saturated carbocycles. The van der Waals surface area contributed by atoms with Crippen LogP contribution in [0, 0.1) is 5.82 Å². The Morgan fingerprint density at radius 1 is 1.24 bits per heavy atom. The molecule has 0 aliphatic heterocycles. The SMILES string of the molecule is Nc1cc(Br)c(F)cc1OCC(=O)Nc1ccccc1Br. The summed E-state index contributed by atoms with van der Waals surface area (Å²) in [6.45, 7) is -0.271. The maximum Gasteiger partial charge on any atom is 0.262 e. The Balaban J connectivity index is 1.99. The number of para-hydroxylation sites is 1. The lowest BCUT2D eigenvalue weighted by atomic mass is 10.3. The number of anilines is 2. The summed E-state index contributed by atoms with van der Waals surface area (Å²) >= 11 is 6.34. The number of ether oxygens (including phenoxy) is 1. The number of nitrogens with one attached hydrogen (secondary N) is 1. The van der Waals surface area contributed by atoms with E-state index in [1.165, 1.54) is 6.07 Å². The van der Waals surface area contributed by atoms with Crippen molar-refractivity contribution in [3.63, 3.8) is 0 Å². The normalized spacial score (nSPS) is 10.2. The van der Waals surface area contributed by atoms with Crippen LogP contribution in [0.5, 0.6) is 5.75 Å². The Morgan fingerprint density at radius 2 is 1.95 bits per heavy atom. The number of carbonyl (C=O) groups excluding carboxylic acids is 1. The number of halogens is 3. The minimum Gasteiger partial charge on any atom is -0.481 e. The van der Waals surface area contributed by atoms with Gasteiger partial charge in [-0.1, -0.05) is 12.1 Å². The lowest BCUT2D eigenvalue weighted by Crippen LogP contribution is -2.20. The van der Waals surface area contributed by atoms with E-state index in [0.29, 0.717) is 5.69 Å². The molecular formula is C14H11Br2FN2O2. The van der Waals surface area contributed by atoms with Gasteiger partial charge < -0.3 is 15.8 Å². The summed E-state index contributed by atoms with van der Waals surface area (Å²) in [6.07, 6.45) is 0. The predicted octanol–water partition coefficient (Wildman–Crippen LogP) is 3.95. The molecule has 3 N–H and O–H groups in total. The molecule has 2 rings (SSSR count). The van der Waals surface area contributed by atoms with E-state index < -0.39 is 5.82 Å². The van der Waals surface area contributed by atoms with Crippen LogP contribution in [-0.4, -0.2) is 12.5 Å². The summed E-state index contributed by atoms with van der Waals surface area (Å²) < 4.78 is 19.6. The van der Waals surface area contributed by atoms with Crippen molar-refractivity contribution in [3.8, 4) is 5.75 Å². The molecule has 0 atom stereocenters.